The van der Waals surface area contributed by atoms with E-state index in [-0.39, 0.29) is 24.0 Å². The van der Waals surface area contributed by atoms with Crippen molar-refractivity contribution in [2.45, 2.75) is 46.1 Å². The third-order valence-electron chi connectivity index (χ3n) is 4.53. The Hall–Kier alpha value is -0.120. The second-order valence-electron chi connectivity index (χ2n) is 6.00. The lowest BCUT2D eigenvalue weighted by Gasteiger charge is -2.38. The summed E-state index contributed by atoms with van der Waals surface area (Å²) in [5.41, 5.74) is 6.00. The summed E-state index contributed by atoms with van der Waals surface area (Å²) in [5.74, 6) is 1.20. The molecule has 0 radical (unpaired) electrons. The summed E-state index contributed by atoms with van der Waals surface area (Å²) in [6, 6.07) is 0.456. The van der Waals surface area contributed by atoms with Gasteiger partial charge in [-0.25, -0.2) is 0 Å². The molecule has 1 unspecified atom stereocenters. The molecule has 0 saturated carbocycles. The lowest BCUT2D eigenvalue weighted by molar-refractivity contribution is 0.00396. The van der Waals surface area contributed by atoms with Crippen LogP contribution in [0.4, 0.5) is 0 Å². The van der Waals surface area contributed by atoms with Crippen LogP contribution in [0.3, 0.4) is 0 Å². The Morgan fingerprint density at radius 2 is 1.92 bits per heavy atom. The maximum atomic E-state index is 6.00. The summed E-state index contributed by atoms with van der Waals surface area (Å²) in [6.45, 7) is 13.3. The zero-order chi connectivity index (χ0) is 16.9. The minimum atomic E-state index is 0. The number of halogens is 1. The van der Waals surface area contributed by atoms with Crippen molar-refractivity contribution in [1.82, 2.24) is 10.2 Å². The Morgan fingerprint density at radius 1 is 1.25 bits per heavy atom. The molecule has 0 aromatic carbocycles. The number of aliphatic imine (C=N–C) groups is 1. The summed E-state index contributed by atoms with van der Waals surface area (Å²) in [4.78, 5) is 7.12. The van der Waals surface area contributed by atoms with Gasteiger partial charge in [0.2, 0.25) is 0 Å². The zero-order valence-corrected chi connectivity index (χ0v) is 18.0. The Kier molecular flexibility index (Phi) is 15.1. The third-order valence-corrected chi connectivity index (χ3v) is 4.53. The van der Waals surface area contributed by atoms with E-state index in [0.717, 1.165) is 59.0 Å². The summed E-state index contributed by atoms with van der Waals surface area (Å²) in [7, 11) is 0. The second kappa shape index (κ2) is 15.2. The fourth-order valence-corrected chi connectivity index (χ4v) is 3.09. The fraction of sp³-hybridized carbons (Fsp3) is 0.941. The summed E-state index contributed by atoms with van der Waals surface area (Å²) < 4.78 is 10.8. The quantitative estimate of drug-likeness (QED) is 0.216. The first-order valence-corrected chi connectivity index (χ1v) is 9.16. The first-order valence-electron chi connectivity index (χ1n) is 9.16. The van der Waals surface area contributed by atoms with Gasteiger partial charge in [0.05, 0.1) is 19.8 Å². The van der Waals surface area contributed by atoms with Gasteiger partial charge in [0.1, 0.15) is 0 Å². The lowest BCUT2D eigenvalue weighted by Crippen LogP contribution is -2.49. The Balaban J connectivity index is 0.00000529. The van der Waals surface area contributed by atoms with Crippen LogP contribution in [0.5, 0.6) is 0 Å². The van der Waals surface area contributed by atoms with Crippen molar-refractivity contribution < 1.29 is 9.47 Å². The van der Waals surface area contributed by atoms with E-state index in [1.165, 1.54) is 12.8 Å². The van der Waals surface area contributed by atoms with Crippen molar-refractivity contribution in [1.29, 1.82) is 0 Å². The number of ether oxygens (including phenoxy) is 2. The van der Waals surface area contributed by atoms with Crippen LogP contribution in [-0.4, -0.2) is 69.5 Å². The normalized spacial score (nSPS) is 17.6. The van der Waals surface area contributed by atoms with Crippen LogP contribution in [-0.2, 0) is 9.47 Å². The molecule has 6 nitrogen and oxygen atoms in total. The van der Waals surface area contributed by atoms with E-state index >= 15 is 0 Å². The largest absolute Gasteiger partial charge is 0.382 e. The molecule has 1 heterocycles. The number of nitrogens with two attached hydrogens (primary N) is 1. The molecule has 1 atom stereocenters. The third kappa shape index (κ3) is 9.39. The average molecular weight is 456 g/mol. The molecule has 0 aromatic rings. The van der Waals surface area contributed by atoms with Crippen molar-refractivity contribution >= 4 is 29.9 Å². The molecule has 0 bridgehead atoms. The average Bonchev–Trinajstić information content (AvgIpc) is 2.59. The molecular weight excluding hydrogens is 419 g/mol. The number of hydrogen-bond donors (Lipinski definition) is 2. The first kappa shape index (κ1) is 23.9. The number of hydrogen-bond acceptors (Lipinski definition) is 4. The smallest absolute Gasteiger partial charge is 0.188 e. The molecule has 1 aliphatic rings. The Labute approximate surface area is 164 Å². The SMILES string of the molecule is CCOCCCNC(N)=NCC(C(CC)CC)N1CCOCC1.I. The molecule has 3 N–H and O–H groups in total. The molecule has 0 amide bonds. The maximum absolute atomic E-state index is 6.00. The van der Waals surface area contributed by atoms with Gasteiger partial charge in [0.25, 0.3) is 0 Å². The first-order chi connectivity index (χ1) is 11.2. The lowest BCUT2D eigenvalue weighted by atomic mass is 9.92. The van der Waals surface area contributed by atoms with Gasteiger partial charge in [-0.15, -0.1) is 24.0 Å². The van der Waals surface area contributed by atoms with Gasteiger partial charge in [-0.2, -0.15) is 0 Å². The van der Waals surface area contributed by atoms with Crippen molar-refractivity contribution in [2.24, 2.45) is 16.6 Å². The number of rotatable bonds is 11. The predicted octanol–water partition coefficient (Wildman–Crippen LogP) is 2.07. The molecule has 0 aromatic heterocycles. The molecule has 1 rings (SSSR count). The number of guanidine groups is 1. The van der Waals surface area contributed by atoms with Crippen molar-refractivity contribution in [3.05, 3.63) is 0 Å². The second-order valence-corrected chi connectivity index (χ2v) is 6.00. The zero-order valence-electron chi connectivity index (χ0n) is 15.6. The van der Waals surface area contributed by atoms with Crippen molar-refractivity contribution in [3.63, 3.8) is 0 Å². The molecule has 1 saturated heterocycles. The molecule has 24 heavy (non-hydrogen) atoms. The van der Waals surface area contributed by atoms with Crippen LogP contribution in [0.2, 0.25) is 0 Å². The topological polar surface area (TPSA) is 72.1 Å². The van der Waals surface area contributed by atoms with Gasteiger partial charge in [-0.1, -0.05) is 26.7 Å². The molecule has 1 aliphatic heterocycles. The minimum absolute atomic E-state index is 0. The van der Waals surface area contributed by atoms with Crippen LogP contribution in [0.1, 0.15) is 40.0 Å². The van der Waals surface area contributed by atoms with Gasteiger partial charge in [-0.05, 0) is 19.3 Å². The Morgan fingerprint density at radius 3 is 2.50 bits per heavy atom. The molecule has 144 valence electrons. The summed E-state index contributed by atoms with van der Waals surface area (Å²) in [6.07, 6.45) is 3.30. The highest BCUT2D eigenvalue weighted by atomic mass is 127. The van der Waals surface area contributed by atoms with Crippen LogP contribution in [0.15, 0.2) is 4.99 Å². The van der Waals surface area contributed by atoms with Gasteiger partial charge in [-0.3, -0.25) is 9.89 Å². The van der Waals surface area contributed by atoms with E-state index in [1.807, 2.05) is 6.92 Å². The van der Waals surface area contributed by atoms with E-state index in [1.54, 1.807) is 0 Å². The number of nitrogens with one attached hydrogen (secondary N) is 1. The van der Waals surface area contributed by atoms with E-state index < -0.39 is 0 Å². The van der Waals surface area contributed by atoms with Crippen LogP contribution in [0, 0.1) is 5.92 Å². The monoisotopic (exact) mass is 456 g/mol. The maximum Gasteiger partial charge on any atom is 0.188 e. The van der Waals surface area contributed by atoms with E-state index in [9.17, 15) is 0 Å². The highest BCUT2D eigenvalue weighted by molar-refractivity contribution is 14.0. The van der Waals surface area contributed by atoms with Gasteiger partial charge >= 0.3 is 0 Å². The highest BCUT2D eigenvalue weighted by Crippen LogP contribution is 2.20. The van der Waals surface area contributed by atoms with Gasteiger partial charge < -0.3 is 20.5 Å². The highest BCUT2D eigenvalue weighted by Gasteiger charge is 2.26. The molecule has 1 fully saturated rings. The fourth-order valence-electron chi connectivity index (χ4n) is 3.09. The molecule has 0 spiro atoms. The van der Waals surface area contributed by atoms with Crippen LogP contribution in [0.25, 0.3) is 0 Å². The minimum Gasteiger partial charge on any atom is -0.382 e. The molecule has 7 heteroatoms. The molecule has 0 aliphatic carbocycles. The summed E-state index contributed by atoms with van der Waals surface area (Å²) >= 11 is 0. The number of nitrogens with zero attached hydrogens (tertiary/aromatic N) is 2. The van der Waals surface area contributed by atoms with E-state index in [4.69, 9.17) is 15.2 Å². The van der Waals surface area contributed by atoms with E-state index in [2.05, 4.69) is 29.1 Å². The summed E-state index contributed by atoms with van der Waals surface area (Å²) in [5, 5.41) is 3.18. The van der Waals surface area contributed by atoms with Crippen LogP contribution < -0.4 is 11.1 Å². The van der Waals surface area contributed by atoms with Crippen molar-refractivity contribution in [2.75, 3.05) is 52.6 Å². The van der Waals surface area contributed by atoms with Gasteiger partial charge in [0.15, 0.2) is 5.96 Å². The number of morpholine rings is 1. The van der Waals surface area contributed by atoms with E-state index in [0.29, 0.717) is 17.9 Å². The van der Waals surface area contributed by atoms with Gasteiger partial charge in [0, 0.05) is 38.9 Å². The molecular formula is C17H37IN4O2. The predicted molar refractivity (Wildman–Crippen MR) is 111 cm³/mol. The standard InChI is InChI=1S/C17H36N4O2.HI/c1-4-15(5-2)16(21-9-12-23-13-10-21)14-20-17(18)19-8-7-11-22-6-3;/h15-16H,4-14H2,1-3H3,(H3,18,19,20);1H. The Bertz CT molecular complexity index is 322. The van der Waals surface area contributed by atoms with Crippen molar-refractivity contribution in [3.8, 4) is 0 Å². The van der Waals surface area contributed by atoms with Crippen LogP contribution >= 0.6 is 24.0 Å².